The first kappa shape index (κ1) is 29.0. The lowest BCUT2D eigenvalue weighted by atomic mass is 9.91. The smallest absolute Gasteiger partial charge is 0.164 e. The molecule has 7 aromatic carbocycles. The molecule has 0 saturated heterocycles. The van der Waals surface area contributed by atoms with Crippen molar-refractivity contribution >= 4 is 0 Å². The average molecular weight is 614 g/mol. The zero-order valence-corrected chi connectivity index (χ0v) is 26.2. The Bertz CT molecular complexity index is 2200. The number of hydrogen-bond acceptors (Lipinski definition) is 3. The molecule has 1 heterocycles. The standard InChI is InChI=1S/C45H31N3/c1-5-16-32(17-6-1)38-29-39(33-18-7-2-8-19-33)31-40(30-38)36-24-15-25-37(28-36)41-26-13-14-27-42(41)45-47-43(34-20-9-3-10-21-34)46-44(48-45)35-22-11-4-12-23-35/h1-31H. The van der Waals surface area contributed by atoms with Crippen molar-refractivity contribution in [1.82, 2.24) is 15.0 Å². The van der Waals surface area contributed by atoms with Crippen molar-refractivity contribution in [2.75, 3.05) is 0 Å². The fourth-order valence-corrected chi connectivity index (χ4v) is 6.11. The highest BCUT2D eigenvalue weighted by molar-refractivity contribution is 5.86. The molecule has 0 N–H and O–H groups in total. The van der Waals surface area contributed by atoms with E-state index in [4.69, 9.17) is 15.0 Å². The van der Waals surface area contributed by atoms with E-state index in [9.17, 15) is 0 Å². The molecule has 0 radical (unpaired) electrons. The zero-order valence-electron chi connectivity index (χ0n) is 26.2. The van der Waals surface area contributed by atoms with Crippen LogP contribution in [0.25, 0.3) is 78.7 Å². The SMILES string of the molecule is c1ccc(-c2cc(-c3ccccc3)cc(-c3cccc(-c4ccccc4-c4nc(-c5ccccc5)nc(-c5ccccc5)n4)c3)c2)cc1. The van der Waals surface area contributed by atoms with Crippen molar-refractivity contribution < 1.29 is 0 Å². The Hall–Kier alpha value is -6.45. The largest absolute Gasteiger partial charge is 0.208 e. The summed E-state index contributed by atoms with van der Waals surface area (Å²) in [5.74, 6) is 1.93. The summed E-state index contributed by atoms with van der Waals surface area (Å²) in [5.41, 5.74) is 12.1. The molecule has 0 aliphatic heterocycles. The van der Waals surface area contributed by atoms with Gasteiger partial charge < -0.3 is 0 Å². The topological polar surface area (TPSA) is 38.7 Å². The second-order valence-corrected chi connectivity index (χ2v) is 11.7. The predicted molar refractivity (Wildman–Crippen MR) is 198 cm³/mol. The Kier molecular flexibility index (Phi) is 7.92. The molecule has 3 heteroatoms. The van der Waals surface area contributed by atoms with Gasteiger partial charge in [0.15, 0.2) is 17.5 Å². The van der Waals surface area contributed by atoms with Gasteiger partial charge in [0.2, 0.25) is 0 Å². The number of hydrogen-bond donors (Lipinski definition) is 0. The maximum atomic E-state index is 5.03. The van der Waals surface area contributed by atoms with Crippen LogP contribution < -0.4 is 0 Å². The van der Waals surface area contributed by atoms with E-state index in [0.717, 1.165) is 38.9 Å². The molecule has 8 rings (SSSR count). The van der Waals surface area contributed by atoms with Gasteiger partial charge in [-0.1, -0.05) is 164 Å². The van der Waals surface area contributed by atoms with Gasteiger partial charge in [-0.2, -0.15) is 0 Å². The second-order valence-electron chi connectivity index (χ2n) is 11.7. The zero-order chi connectivity index (χ0) is 32.1. The van der Waals surface area contributed by atoms with E-state index in [1.54, 1.807) is 0 Å². The van der Waals surface area contributed by atoms with Crippen molar-refractivity contribution in [1.29, 1.82) is 0 Å². The molecule has 48 heavy (non-hydrogen) atoms. The Balaban J connectivity index is 1.26. The first-order valence-corrected chi connectivity index (χ1v) is 16.1. The molecule has 0 amide bonds. The van der Waals surface area contributed by atoms with Crippen molar-refractivity contribution in [3.05, 3.63) is 188 Å². The van der Waals surface area contributed by atoms with Gasteiger partial charge in [0, 0.05) is 16.7 Å². The van der Waals surface area contributed by atoms with Crippen molar-refractivity contribution in [3.8, 4) is 78.7 Å². The van der Waals surface area contributed by atoms with E-state index >= 15 is 0 Å². The Labute approximate surface area is 280 Å². The van der Waals surface area contributed by atoms with E-state index in [0.29, 0.717) is 17.5 Å². The van der Waals surface area contributed by atoms with E-state index in [1.807, 2.05) is 66.7 Å². The van der Waals surface area contributed by atoms with Crippen LogP contribution in [-0.2, 0) is 0 Å². The minimum Gasteiger partial charge on any atom is -0.208 e. The highest BCUT2D eigenvalue weighted by Crippen LogP contribution is 2.37. The Morgan fingerprint density at radius 1 is 0.208 bits per heavy atom. The molecular formula is C45H31N3. The maximum Gasteiger partial charge on any atom is 0.164 e. The lowest BCUT2D eigenvalue weighted by molar-refractivity contribution is 1.07. The average Bonchev–Trinajstić information content (AvgIpc) is 3.19. The molecule has 0 fully saturated rings. The van der Waals surface area contributed by atoms with E-state index in [-0.39, 0.29) is 0 Å². The third kappa shape index (κ3) is 6.05. The normalized spacial score (nSPS) is 10.9. The van der Waals surface area contributed by atoms with Crippen LogP contribution in [0.2, 0.25) is 0 Å². The van der Waals surface area contributed by atoms with Crippen LogP contribution in [0.4, 0.5) is 0 Å². The summed E-state index contributed by atoms with van der Waals surface area (Å²) in [6.45, 7) is 0. The number of benzene rings is 7. The molecule has 0 aliphatic rings. The van der Waals surface area contributed by atoms with Crippen molar-refractivity contribution in [2.45, 2.75) is 0 Å². The summed E-state index contributed by atoms with van der Waals surface area (Å²) in [5, 5.41) is 0. The molecule has 0 spiro atoms. The van der Waals surface area contributed by atoms with Crippen molar-refractivity contribution in [3.63, 3.8) is 0 Å². The van der Waals surface area contributed by atoms with Crippen LogP contribution in [-0.4, -0.2) is 15.0 Å². The number of nitrogens with zero attached hydrogens (tertiary/aromatic N) is 3. The van der Waals surface area contributed by atoms with Crippen LogP contribution in [0.3, 0.4) is 0 Å². The minimum absolute atomic E-state index is 0.640. The molecule has 0 aliphatic carbocycles. The van der Waals surface area contributed by atoms with E-state index in [2.05, 4.69) is 121 Å². The summed E-state index contributed by atoms with van der Waals surface area (Å²) in [6.07, 6.45) is 0. The highest BCUT2D eigenvalue weighted by Gasteiger charge is 2.16. The van der Waals surface area contributed by atoms with Gasteiger partial charge in [0.1, 0.15) is 0 Å². The minimum atomic E-state index is 0.640. The molecule has 0 atom stereocenters. The third-order valence-electron chi connectivity index (χ3n) is 8.52. The summed E-state index contributed by atoms with van der Waals surface area (Å²) < 4.78 is 0. The first-order valence-electron chi connectivity index (χ1n) is 16.1. The lowest BCUT2D eigenvalue weighted by Gasteiger charge is -2.14. The van der Waals surface area contributed by atoms with Gasteiger partial charge in [-0.25, -0.2) is 15.0 Å². The van der Waals surface area contributed by atoms with Gasteiger partial charge >= 0.3 is 0 Å². The predicted octanol–water partition coefficient (Wildman–Crippen LogP) is 11.5. The van der Waals surface area contributed by atoms with Gasteiger partial charge in [0.05, 0.1) is 0 Å². The molecule has 1 aromatic heterocycles. The van der Waals surface area contributed by atoms with Crippen LogP contribution in [0.15, 0.2) is 188 Å². The van der Waals surface area contributed by atoms with Gasteiger partial charge in [-0.15, -0.1) is 0 Å². The molecule has 8 aromatic rings. The molecule has 3 nitrogen and oxygen atoms in total. The van der Waals surface area contributed by atoms with Crippen molar-refractivity contribution in [2.24, 2.45) is 0 Å². The Morgan fingerprint density at radius 2 is 0.542 bits per heavy atom. The molecule has 0 saturated carbocycles. The molecule has 0 bridgehead atoms. The summed E-state index contributed by atoms with van der Waals surface area (Å²) in [7, 11) is 0. The fourth-order valence-electron chi connectivity index (χ4n) is 6.11. The van der Waals surface area contributed by atoms with Gasteiger partial charge in [-0.3, -0.25) is 0 Å². The first-order chi connectivity index (χ1) is 23.8. The van der Waals surface area contributed by atoms with Crippen LogP contribution >= 0.6 is 0 Å². The monoisotopic (exact) mass is 613 g/mol. The van der Waals surface area contributed by atoms with Gasteiger partial charge in [-0.05, 0) is 68.8 Å². The van der Waals surface area contributed by atoms with Crippen LogP contribution in [0.5, 0.6) is 0 Å². The third-order valence-corrected chi connectivity index (χ3v) is 8.52. The molecule has 226 valence electrons. The summed E-state index contributed by atoms with van der Waals surface area (Å²) >= 11 is 0. The quantitative estimate of drug-likeness (QED) is 0.179. The summed E-state index contributed by atoms with van der Waals surface area (Å²) in [6, 6.07) is 65.4. The number of aromatic nitrogens is 3. The van der Waals surface area contributed by atoms with Gasteiger partial charge in [0.25, 0.3) is 0 Å². The summed E-state index contributed by atoms with van der Waals surface area (Å²) in [4.78, 5) is 15.0. The molecule has 0 unspecified atom stereocenters. The van der Waals surface area contributed by atoms with Crippen LogP contribution in [0.1, 0.15) is 0 Å². The van der Waals surface area contributed by atoms with E-state index in [1.165, 1.54) is 22.3 Å². The maximum absolute atomic E-state index is 5.03. The van der Waals surface area contributed by atoms with Crippen LogP contribution in [0, 0.1) is 0 Å². The highest BCUT2D eigenvalue weighted by atomic mass is 15.0. The fraction of sp³-hybridized carbons (Fsp3) is 0. The molecular weight excluding hydrogens is 583 g/mol. The van der Waals surface area contributed by atoms with E-state index < -0.39 is 0 Å². The lowest BCUT2D eigenvalue weighted by Crippen LogP contribution is -2.01. The second kappa shape index (κ2) is 13.1. The number of rotatable bonds is 7. The Morgan fingerprint density at radius 3 is 1.04 bits per heavy atom.